The number of carbonyl (C=O) groups is 2. The topological polar surface area (TPSA) is 111 Å². The van der Waals surface area contributed by atoms with Gasteiger partial charge in [-0.05, 0) is 6.42 Å². The van der Waals surface area contributed by atoms with E-state index in [0.717, 1.165) is 19.3 Å². The number of unbranched alkanes of at least 4 members (excludes halogenated alkanes) is 8. The van der Waals surface area contributed by atoms with Crippen molar-refractivity contribution in [3.8, 4) is 0 Å². The van der Waals surface area contributed by atoms with Gasteiger partial charge in [0.05, 0.1) is 27.7 Å². The van der Waals surface area contributed by atoms with Crippen LogP contribution in [0.1, 0.15) is 78.1 Å². The van der Waals surface area contributed by atoms with Gasteiger partial charge in [-0.15, -0.1) is 0 Å². The summed E-state index contributed by atoms with van der Waals surface area (Å²) >= 11 is 0. The summed E-state index contributed by atoms with van der Waals surface area (Å²) in [6, 6.07) is 0. The summed E-state index contributed by atoms with van der Waals surface area (Å²) in [6.45, 7) is 3.08. The Balaban J connectivity index is 4.12. The van der Waals surface area contributed by atoms with Crippen LogP contribution in [-0.4, -0.2) is 70.0 Å². The van der Waals surface area contributed by atoms with E-state index in [4.69, 9.17) is 18.5 Å². The second-order valence-corrected chi connectivity index (χ2v) is 10.5. The Bertz CT molecular complexity index is 565. The summed E-state index contributed by atoms with van der Waals surface area (Å²) in [6.07, 6.45) is 9.55. The number of hydrogen-bond acceptors (Lipinski definition) is 8. The number of rotatable bonds is 20. The molecule has 0 N–H and O–H groups in total. The first-order chi connectivity index (χ1) is 14.9. The minimum Gasteiger partial charge on any atom is -0.756 e. The van der Waals surface area contributed by atoms with Gasteiger partial charge >= 0.3 is 11.9 Å². The highest BCUT2D eigenvalue weighted by Gasteiger charge is 2.20. The fourth-order valence-corrected chi connectivity index (χ4v) is 3.56. The van der Waals surface area contributed by atoms with Crippen LogP contribution in [0.5, 0.6) is 0 Å². The molecule has 32 heavy (non-hydrogen) atoms. The zero-order chi connectivity index (χ0) is 24.5. The highest BCUT2D eigenvalue weighted by molar-refractivity contribution is 7.45. The number of ether oxygens (including phenoxy) is 2. The van der Waals surface area contributed by atoms with Crippen LogP contribution in [0.25, 0.3) is 0 Å². The maximum atomic E-state index is 11.9. The van der Waals surface area contributed by atoms with E-state index in [1.54, 1.807) is 0 Å². The molecular formula is C22H44NO8P. The predicted octanol–water partition coefficient (Wildman–Crippen LogP) is 3.59. The Morgan fingerprint density at radius 3 is 2.00 bits per heavy atom. The lowest BCUT2D eigenvalue weighted by atomic mass is 10.1. The SMILES string of the molecule is CCCCCCCCCCCC(=O)OC[C@H](COP(=O)([O-])OCC[N+](C)(C)C)OC(C)=O. The largest absolute Gasteiger partial charge is 0.756 e. The molecule has 0 fully saturated rings. The van der Waals surface area contributed by atoms with Crippen molar-refractivity contribution >= 4 is 19.8 Å². The van der Waals surface area contributed by atoms with Crippen LogP contribution in [0.3, 0.4) is 0 Å². The number of likely N-dealkylation sites (N-methyl/N-ethyl adjacent to an activating group) is 1. The normalized spacial score (nSPS) is 14.6. The van der Waals surface area contributed by atoms with Crippen molar-refractivity contribution in [2.24, 2.45) is 0 Å². The zero-order valence-corrected chi connectivity index (χ0v) is 21.5. The van der Waals surface area contributed by atoms with Crippen LogP contribution in [-0.2, 0) is 32.7 Å². The predicted molar refractivity (Wildman–Crippen MR) is 121 cm³/mol. The van der Waals surface area contributed by atoms with Gasteiger partial charge in [-0.1, -0.05) is 58.3 Å². The molecule has 0 aliphatic carbocycles. The minimum atomic E-state index is -4.55. The van der Waals surface area contributed by atoms with Crippen LogP contribution in [0.2, 0.25) is 0 Å². The van der Waals surface area contributed by atoms with Crippen molar-refractivity contribution in [2.75, 3.05) is 47.5 Å². The average Bonchev–Trinajstić information content (AvgIpc) is 2.67. The second-order valence-electron chi connectivity index (χ2n) is 9.08. The molecule has 1 unspecified atom stereocenters. The molecule has 0 bridgehead atoms. The number of quaternary nitrogens is 1. The number of phosphoric ester groups is 1. The lowest BCUT2D eigenvalue weighted by Crippen LogP contribution is -2.37. The van der Waals surface area contributed by atoms with E-state index in [2.05, 4.69) is 6.92 Å². The van der Waals surface area contributed by atoms with Crippen LogP contribution in [0, 0.1) is 0 Å². The molecule has 0 saturated heterocycles. The summed E-state index contributed by atoms with van der Waals surface area (Å²) in [5, 5.41) is 0. The van der Waals surface area contributed by atoms with Crippen molar-refractivity contribution in [3.05, 3.63) is 0 Å². The first-order valence-electron chi connectivity index (χ1n) is 11.7. The maximum Gasteiger partial charge on any atom is 0.305 e. The molecule has 0 aliphatic heterocycles. The molecule has 0 aromatic heterocycles. The van der Waals surface area contributed by atoms with E-state index in [9.17, 15) is 19.0 Å². The molecule has 2 atom stereocenters. The third-order valence-corrected chi connectivity index (χ3v) is 5.64. The van der Waals surface area contributed by atoms with Crippen LogP contribution in [0.15, 0.2) is 0 Å². The molecule has 0 spiro atoms. The third kappa shape index (κ3) is 20.9. The molecule has 0 aliphatic rings. The highest BCUT2D eigenvalue weighted by Crippen LogP contribution is 2.38. The van der Waals surface area contributed by atoms with E-state index >= 15 is 0 Å². The monoisotopic (exact) mass is 481 g/mol. The standard InChI is InChI=1S/C22H44NO8P/c1-6-7-8-9-10-11-12-13-14-15-22(25)28-18-21(31-20(2)24)19-30-32(26,27)29-17-16-23(3,4)5/h21H,6-19H2,1-5H3/t21-/m1/s1. The fraction of sp³-hybridized carbons (Fsp3) is 0.909. The maximum absolute atomic E-state index is 11.9. The van der Waals surface area contributed by atoms with Crippen LogP contribution < -0.4 is 4.89 Å². The molecule has 0 rings (SSSR count). The molecule has 190 valence electrons. The molecule has 10 heteroatoms. The molecule has 0 aromatic carbocycles. The molecule has 0 amide bonds. The summed E-state index contributed by atoms with van der Waals surface area (Å²) in [5.41, 5.74) is 0. The third-order valence-electron chi connectivity index (χ3n) is 4.68. The number of hydrogen-bond donors (Lipinski definition) is 0. The average molecular weight is 482 g/mol. The minimum absolute atomic E-state index is 0.0315. The molecule has 0 aromatic rings. The van der Waals surface area contributed by atoms with Crippen LogP contribution in [0.4, 0.5) is 0 Å². The van der Waals surface area contributed by atoms with Gasteiger partial charge in [0.2, 0.25) is 0 Å². The van der Waals surface area contributed by atoms with Crippen LogP contribution >= 0.6 is 7.82 Å². The number of phosphoric acid groups is 1. The molecular weight excluding hydrogens is 437 g/mol. The van der Waals surface area contributed by atoms with Gasteiger partial charge < -0.3 is 27.9 Å². The smallest absolute Gasteiger partial charge is 0.305 e. The van der Waals surface area contributed by atoms with Gasteiger partial charge in [0, 0.05) is 13.3 Å². The van der Waals surface area contributed by atoms with Crippen molar-refractivity contribution in [1.82, 2.24) is 0 Å². The van der Waals surface area contributed by atoms with E-state index in [-0.39, 0.29) is 19.6 Å². The van der Waals surface area contributed by atoms with Gasteiger partial charge in [-0.3, -0.25) is 14.2 Å². The Hall–Kier alpha value is -0.990. The number of esters is 2. The molecule has 0 saturated carbocycles. The quantitative estimate of drug-likeness (QED) is 0.112. The Morgan fingerprint density at radius 1 is 0.906 bits per heavy atom. The fourth-order valence-electron chi connectivity index (χ4n) is 2.83. The Kier molecular flexibility index (Phi) is 16.9. The van der Waals surface area contributed by atoms with Gasteiger partial charge in [0.15, 0.2) is 6.10 Å². The second kappa shape index (κ2) is 17.5. The summed E-state index contributed by atoms with van der Waals surface area (Å²) in [7, 11) is 1.15. The van der Waals surface area contributed by atoms with Crippen molar-refractivity contribution < 1.29 is 42.1 Å². The van der Waals surface area contributed by atoms with Gasteiger partial charge in [-0.25, -0.2) is 0 Å². The molecule has 0 heterocycles. The van der Waals surface area contributed by atoms with Crippen molar-refractivity contribution in [2.45, 2.75) is 84.2 Å². The first kappa shape index (κ1) is 31.0. The lowest BCUT2D eigenvalue weighted by molar-refractivity contribution is -0.870. The lowest BCUT2D eigenvalue weighted by Gasteiger charge is -2.28. The van der Waals surface area contributed by atoms with Crippen molar-refractivity contribution in [1.29, 1.82) is 0 Å². The van der Waals surface area contributed by atoms with Gasteiger partial charge in [0.1, 0.15) is 19.8 Å². The highest BCUT2D eigenvalue weighted by atomic mass is 31.2. The first-order valence-corrected chi connectivity index (χ1v) is 13.1. The number of nitrogens with zero attached hydrogens (tertiary/aromatic N) is 1. The summed E-state index contributed by atoms with van der Waals surface area (Å²) in [5.74, 6) is -1.03. The summed E-state index contributed by atoms with van der Waals surface area (Å²) < 4.78 is 32.2. The van der Waals surface area contributed by atoms with Gasteiger partial charge in [0.25, 0.3) is 7.82 Å². The van der Waals surface area contributed by atoms with E-state index in [0.29, 0.717) is 11.0 Å². The Morgan fingerprint density at radius 2 is 1.47 bits per heavy atom. The molecule has 0 radical (unpaired) electrons. The summed E-state index contributed by atoms with van der Waals surface area (Å²) in [4.78, 5) is 35.1. The molecule has 9 nitrogen and oxygen atoms in total. The van der Waals surface area contributed by atoms with E-state index in [1.807, 2.05) is 21.1 Å². The van der Waals surface area contributed by atoms with Crippen molar-refractivity contribution in [3.63, 3.8) is 0 Å². The number of carbonyl (C=O) groups excluding carboxylic acids is 2. The Labute approximate surface area is 193 Å². The van der Waals surface area contributed by atoms with E-state index < -0.39 is 32.5 Å². The van der Waals surface area contributed by atoms with E-state index in [1.165, 1.54) is 45.4 Å². The van der Waals surface area contributed by atoms with Gasteiger partial charge in [-0.2, -0.15) is 0 Å². The zero-order valence-electron chi connectivity index (χ0n) is 20.6.